The summed E-state index contributed by atoms with van der Waals surface area (Å²) in [5, 5.41) is 8.20. The second kappa shape index (κ2) is 7.54. The Hall–Kier alpha value is -3.11. The predicted octanol–water partition coefficient (Wildman–Crippen LogP) is 4.17. The van der Waals surface area contributed by atoms with E-state index < -0.39 is 5.60 Å². The number of anilines is 2. The summed E-state index contributed by atoms with van der Waals surface area (Å²) in [5.74, 6) is -0.172. The van der Waals surface area contributed by atoms with Crippen LogP contribution in [0.2, 0.25) is 0 Å². The van der Waals surface area contributed by atoms with Crippen LogP contribution in [0, 0.1) is 0 Å². The zero-order valence-corrected chi connectivity index (χ0v) is 18.7. The molecular formula is C23H17IN4O3. The minimum Gasteiger partial charge on any atom is -0.294 e. The maximum Gasteiger partial charge on any atom is 0.272 e. The van der Waals surface area contributed by atoms with Gasteiger partial charge < -0.3 is 0 Å². The van der Waals surface area contributed by atoms with Gasteiger partial charge in [0.2, 0.25) is 0 Å². The van der Waals surface area contributed by atoms with Gasteiger partial charge in [-0.3, -0.25) is 22.5 Å². The number of benzene rings is 2. The number of carbonyl (C=O) groups is 1. The van der Waals surface area contributed by atoms with Crippen LogP contribution < -0.4 is 10.5 Å². The summed E-state index contributed by atoms with van der Waals surface area (Å²) >= 11 is 1.78. The van der Waals surface area contributed by atoms with Crippen molar-refractivity contribution in [1.82, 2.24) is 15.2 Å². The fraction of sp³-hybridized carbons (Fsp3) is 0.130. The molecule has 2 aromatic heterocycles. The highest BCUT2D eigenvalue weighted by Gasteiger charge is 2.49. The van der Waals surface area contributed by atoms with Gasteiger partial charge in [-0.15, -0.1) is 0 Å². The average Bonchev–Trinajstić information content (AvgIpc) is 3.03. The normalized spacial score (nSPS) is 17.9. The molecule has 1 aliphatic rings. The molecular weight excluding hydrogens is 507 g/mol. The van der Waals surface area contributed by atoms with Crippen LogP contribution in [0.25, 0.3) is 10.8 Å². The Bertz CT molecular complexity index is 1390. The van der Waals surface area contributed by atoms with Gasteiger partial charge in [0.15, 0.2) is 5.60 Å². The van der Waals surface area contributed by atoms with E-state index in [4.69, 9.17) is 3.07 Å². The van der Waals surface area contributed by atoms with Crippen LogP contribution in [0.5, 0.6) is 0 Å². The number of carbonyl (C=O) groups excluding carboxylic acids is 1. The first-order valence-electron chi connectivity index (χ1n) is 9.67. The molecule has 1 amide bonds. The lowest BCUT2D eigenvalue weighted by Gasteiger charge is -2.21. The Balaban J connectivity index is 1.56. The van der Waals surface area contributed by atoms with E-state index in [1.807, 2.05) is 48.5 Å². The first-order chi connectivity index (χ1) is 15.0. The summed E-state index contributed by atoms with van der Waals surface area (Å²) in [7, 11) is 0. The molecule has 8 heteroatoms. The van der Waals surface area contributed by atoms with E-state index in [-0.39, 0.29) is 11.5 Å². The summed E-state index contributed by atoms with van der Waals surface area (Å²) < 4.78 is 5.59. The van der Waals surface area contributed by atoms with Crippen molar-refractivity contribution in [3.8, 4) is 0 Å². The lowest BCUT2D eigenvalue weighted by atomic mass is 9.98. The summed E-state index contributed by atoms with van der Waals surface area (Å²) in [6, 6.07) is 16.9. The fourth-order valence-electron chi connectivity index (χ4n) is 4.03. The maximum atomic E-state index is 13.3. The number of amides is 1. The monoisotopic (exact) mass is 524 g/mol. The van der Waals surface area contributed by atoms with Crippen molar-refractivity contribution in [2.45, 2.75) is 18.9 Å². The van der Waals surface area contributed by atoms with Crippen molar-refractivity contribution in [2.75, 3.05) is 4.90 Å². The molecule has 3 heterocycles. The summed E-state index contributed by atoms with van der Waals surface area (Å²) in [4.78, 5) is 31.4. The Labute approximate surface area is 191 Å². The number of hydrogen-bond donors (Lipinski definition) is 1. The standard InChI is InChI=1S/C23H17IN4O3/c1-23(31-24)18-8-4-5-9-20(18)28(22(23)30)15-10-14(12-25-13-15)11-19-16-6-2-3-7-17(16)21(29)27-26-19/h2-10,12-13H,11H2,1H3,(H,27,29). The molecule has 0 spiro atoms. The molecule has 154 valence electrons. The number of rotatable bonds is 4. The highest BCUT2D eigenvalue weighted by atomic mass is 127. The van der Waals surface area contributed by atoms with Gasteiger partial charge in [0.1, 0.15) is 23.0 Å². The quantitative estimate of drug-likeness (QED) is 0.405. The largest absolute Gasteiger partial charge is 0.294 e. The Morgan fingerprint density at radius 1 is 1.06 bits per heavy atom. The lowest BCUT2D eigenvalue weighted by molar-refractivity contribution is -0.128. The van der Waals surface area contributed by atoms with E-state index in [1.54, 1.807) is 53.3 Å². The molecule has 4 aromatic rings. The molecule has 5 rings (SSSR count). The summed E-state index contributed by atoms with van der Waals surface area (Å²) in [6.45, 7) is 1.77. The number of para-hydroxylation sites is 1. The van der Waals surface area contributed by atoms with Crippen LogP contribution in [-0.2, 0) is 19.9 Å². The van der Waals surface area contributed by atoms with Gasteiger partial charge in [-0.1, -0.05) is 36.4 Å². The van der Waals surface area contributed by atoms with Crippen molar-refractivity contribution >= 4 is 51.1 Å². The number of nitrogens with one attached hydrogen (secondary N) is 1. The number of pyridine rings is 1. The molecule has 0 radical (unpaired) electrons. The number of fused-ring (bicyclic) bond motifs is 2. The third-order valence-corrected chi connectivity index (χ3v) is 6.49. The Morgan fingerprint density at radius 2 is 1.81 bits per heavy atom. The minimum atomic E-state index is -1.07. The Kier molecular flexibility index (Phi) is 4.82. The van der Waals surface area contributed by atoms with Crippen molar-refractivity contribution in [3.05, 3.63) is 94.2 Å². The SMILES string of the molecule is CC1(OI)C(=O)N(c2cncc(Cc3n[nH]c(=O)c4ccccc34)c2)c2ccccc21. The van der Waals surface area contributed by atoms with Crippen LogP contribution in [0.3, 0.4) is 0 Å². The topological polar surface area (TPSA) is 88.2 Å². The number of hydrogen-bond acceptors (Lipinski definition) is 5. The molecule has 31 heavy (non-hydrogen) atoms. The van der Waals surface area contributed by atoms with Gasteiger partial charge in [0.25, 0.3) is 11.5 Å². The maximum absolute atomic E-state index is 13.3. The van der Waals surface area contributed by atoms with Gasteiger partial charge in [-0.25, -0.2) is 5.10 Å². The number of aromatic nitrogens is 3. The van der Waals surface area contributed by atoms with Crippen LogP contribution in [0.4, 0.5) is 11.4 Å². The van der Waals surface area contributed by atoms with Gasteiger partial charge >= 0.3 is 0 Å². The van der Waals surface area contributed by atoms with E-state index >= 15 is 0 Å². The summed E-state index contributed by atoms with van der Waals surface area (Å²) in [6.07, 6.45) is 3.86. The van der Waals surface area contributed by atoms with Crippen molar-refractivity contribution < 1.29 is 7.86 Å². The zero-order valence-electron chi connectivity index (χ0n) is 16.5. The molecule has 1 atom stereocenters. The van der Waals surface area contributed by atoms with Crippen molar-refractivity contribution in [3.63, 3.8) is 0 Å². The first-order valence-corrected chi connectivity index (χ1v) is 10.5. The molecule has 0 aliphatic carbocycles. The van der Waals surface area contributed by atoms with E-state index in [2.05, 4.69) is 15.2 Å². The van der Waals surface area contributed by atoms with Gasteiger partial charge in [-0.2, -0.15) is 5.10 Å². The van der Waals surface area contributed by atoms with Crippen LogP contribution in [-0.4, -0.2) is 21.1 Å². The average molecular weight is 524 g/mol. The molecule has 0 fully saturated rings. The van der Waals surface area contributed by atoms with Gasteiger partial charge in [0.05, 0.1) is 28.7 Å². The number of aromatic amines is 1. The molecule has 1 N–H and O–H groups in total. The van der Waals surface area contributed by atoms with E-state index in [1.165, 1.54) is 0 Å². The van der Waals surface area contributed by atoms with Gasteiger partial charge in [0, 0.05) is 23.6 Å². The number of nitrogens with zero attached hydrogens (tertiary/aromatic N) is 3. The van der Waals surface area contributed by atoms with Crippen molar-refractivity contribution in [2.24, 2.45) is 0 Å². The zero-order chi connectivity index (χ0) is 21.6. The first kappa shape index (κ1) is 19.8. The highest BCUT2D eigenvalue weighted by molar-refractivity contribution is 14.1. The highest BCUT2D eigenvalue weighted by Crippen LogP contribution is 2.46. The predicted molar refractivity (Wildman–Crippen MR) is 125 cm³/mol. The van der Waals surface area contributed by atoms with E-state index in [0.717, 1.165) is 27.9 Å². The molecule has 1 unspecified atom stereocenters. The van der Waals surface area contributed by atoms with Crippen LogP contribution >= 0.6 is 23.0 Å². The summed E-state index contributed by atoms with van der Waals surface area (Å²) in [5.41, 5.74) is 2.57. The molecule has 1 aliphatic heterocycles. The molecule has 0 saturated carbocycles. The molecule has 0 bridgehead atoms. The third-order valence-electron chi connectivity index (χ3n) is 5.61. The third kappa shape index (κ3) is 3.14. The van der Waals surface area contributed by atoms with Crippen LogP contribution in [0.15, 0.2) is 71.8 Å². The van der Waals surface area contributed by atoms with Gasteiger partial charge in [-0.05, 0) is 30.7 Å². The number of halogens is 1. The molecule has 0 saturated heterocycles. The van der Waals surface area contributed by atoms with E-state index in [0.29, 0.717) is 17.5 Å². The minimum absolute atomic E-state index is 0.172. The fourth-order valence-corrected chi connectivity index (χ4v) is 4.46. The smallest absolute Gasteiger partial charge is 0.272 e. The van der Waals surface area contributed by atoms with E-state index in [9.17, 15) is 9.59 Å². The Morgan fingerprint density at radius 3 is 2.61 bits per heavy atom. The number of H-pyrrole nitrogens is 1. The lowest BCUT2D eigenvalue weighted by Crippen LogP contribution is -2.36. The van der Waals surface area contributed by atoms with Crippen molar-refractivity contribution in [1.29, 1.82) is 0 Å². The van der Waals surface area contributed by atoms with Crippen LogP contribution in [0.1, 0.15) is 23.7 Å². The second-order valence-electron chi connectivity index (χ2n) is 7.54. The molecule has 2 aromatic carbocycles. The second-order valence-corrected chi connectivity index (χ2v) is 7.98. The molecule has 7 nitrogen and oxygen atoms in total.